The zero-order chi connectivity index (χ0) is 20.9. The van der Waals surface area contributed by atoms with Gasteiger partial charge in [0, 0.05) is 17.8 Å². The molecule has 2 aromatic carbocycles. The molecule has 1 atom stereocenters. The number of unbranched alkanes of at least 4 members (excludes halogenated alkanes) is 1. The van der Waals surface area contributed by atoms with Gasteiger partial charge in [-0.25, -0.2) is 0 Å². The highest BCUT2D eigenvalue weighted by Gasteiger charge is 2.58. The summed E-state index contributed by atoms with van der Waals surface area (Å²) in [5.74, 6) is 0.624. The number of hydrogen-bond acceptors (Lipinski definition) is 4. The highest BCUT2D eigenvalue weighted by Crippen LogP contribution is 2.54. The van der Waals surface area contributed by atoms with Gasteiger partial charge in [0.2, 0.25) is 5.72 Å². The van der Waals surface area contributed by atoms with Crippen LogP contribution in [-0.2, 0) is 15.5 Å². The van der Waals surface area contributed by atoms with Crippen LogP contribution in [0.1, 0.15) is 43.4 Å². The van der Waals surface area contributed by atoms with Crippen molar-refractivity contribution in [1.82, 2.24) is 0 Å². The van der Waals surface area contributed by atoms with E-state index in [0.717, 1.165) is 17.0 Å². The van der Waals surface area contributed by atoms with E-state index in [1.165, 1.54) is 11.1 Å². The van der Waals surface area contributed by atoms with Crippen molar-refractivity contribution in [3.8, 4) is 5.75 Å². The van der Waals surface area contributed by atoms with E-state index >= 15 is 0 Å². The lowest BCUT2D eigenvalue weighted by molar-refractivity contribution is 0.0532. The summed E-state index contributed by atoms with van der Waals surface area (Å²) in [5, 5.41) is 0. The Morgan fingerprint density at radius 2 is 1.86 bits per heavy atom. The molecule has 5 nitrogen and oxygen atoms in total. The van der Waals surface area contributed by atoms with Crippen molar-refractivity contribution in [2.45, 2.75) is 44.8 Å². The Balaban J connectivity index is 1.72. The highest BCUT2D eigenvalue weighted by atomic mass is 32.2. The molecule has 2 aliphatic rings. The molecule has 1 spiro atoms. The number of ether oxygens (including phenoxy) is 1. The smallest absolute Gasteiger partial charge is 0.264 e. The second-order valence-electron chi connectivity index (χ2n) is 8.46. The molecule has 2 heterocycles. The van der Waals surface area contributed by atoms with Gasteiger partial charge < -0.3 is 9.64 Å². The average Bonchev–Trinajstić information content (AvgIpc) is 2.83. The van der Waals surface area contributed by atoms with Gasteiger partial charge in [-0.3, -0.25) is 4.55 Å². The molecule has 2 aliphatic heterocycles. The number of aryl methyl sites for hydroxylation is 1. The molecule has 0 saturated heterocycles. The van der Waals surface area contributed by atoms with E-state index in [2.05, 4.69) is 62.1 Å². The molecular formula is C23H27NO4S. The molecule has 154 valence electrons. The SMILES string of the molecule is Cc1ccc2c(c1)C=CC1(O2)N(CCCCS(=O)(=O)O)c2ccccc2C1(C)C. The number of nitrogens with zero attached hydrogens (tertiary/aromatic N) is 1. The third-order valence-electron chi connectivity index (χ3n) is 6.12. The molecule has 29 heavy (non-hydrogen) atoms. The van der Waals surface area contributed by atoms with E-state index < -0.39 is 15.8 Å². The van der Waals surface area contributed by atoms with Gasteiger partial charge in [-0.1, -0.05) is 29.8 Å². The van der Waals surface area contributed by atoms with Crippen LogP contribution in [0.4, 0.5) is 5.69 Å². The first-order valence-corrected chi connectivity index (χ1v) is 11.6. The summed E-state index contributed by atoms with van der Waals surface area (Å²) in [4.78, 5) is 2.24. The minimum atomic E-state index is -3.94. The first kappa shape index (κ1) is 20.0. The summed E-state index contributed by atoms with van der Waals surface area (Å²) < 4.78 is 38.0. The van der Waals surface area contributed by atoms with Crippen molar-refractivity contribution in [3.05, 3.63) is 65.2 Å². The number of rotatable bonds is 5. The predicted octanol–water partition coefficient (Wildman–Crippen LogP) is 4.56. The van der Waals surface area contributed by atoms with Gasteiger partial charge in [0.25, 0.3) is 10.1 Å². The first-order chi connectivity index (χ1) is 13.6. The van der Waals surface area contributed by atoms with Crippen molar-refractivity contribution in [1.29, 1.82) is 0 Å². The summed E-state index contributed by atoms with van der Waals surface area (Å²) in [5.41, 5.74) is 3.54. The number of anilines is 1. The summed E-state index contributed by atoms with van der Waals surface area (Å²) in [6.07, 6.45) is 5.29. The number of benzene rings is 2. The second kappa shape index (κ2) is 6.89. The maximum Gasteiger partial charge on any atom is 0.264 e. The Kier molecular flexibility index (Phi) is 4.74. The lowest BCUT2D eigenvalue weighted by Crippen LogP contribution is -2.59. The van der Waals surface area contributed by atoms with Crippen LogP contribution in [0.3, 0.4) is 0 Å². The van der Waals surface area contributed by atoms with Gasteiger partial charge in [0.1, 0.15) is 5.75 Å². The molecule has 2 aromatic rings. The fourth-order valence-electron chi connectivity index (χ4n) is 4.56. The summed E-state index contributed by atoms with van der Waals surface area (Å²) in [6, 6.07) is 14.5. The van der Waals surface area contributed by atoms with Gasteiger partial charge in [-0.2, -0.15) is 8.42 Å². The number of hydrogen-bond donors (Lipinski definition) is 1. The molecule has 0 radical (unpaired) electrons. The van der Waals surface area contributed by atoms with Crippen LogP contribution >= 0.6 is 0 Å². The van der Waals surface area contributed by atoms with Crippen LogP contribution in [0.25, 0.3) is 6.08 Å². The highest BCUT2D eigenvalue weighted by molar-refractivity contribution is 7.85. The van der Waals surface area contributed by atoms with Gasteiger partial charge in [0.05, 0.1) is 11.2 Å². The average molecular weight is 414 g/mol. The molecule has 0 aliphatic carbocycles. The van der Waals surface area contributed by atoms with Gasteiger partial charge in [0.15, 0.2) is 0 Å². The number of para-hydroxylation sites is 1. The van der Waals surface area contributed by atoms with Crippen LogP contribution in [0.5, 0.6) is 5.75 Å². The molecule has 0 saturated carbocycles. The molecule has 1 N–H and O–H groups in total. The normalized spacial score (nSPS) is 21.7. The molecule has 0 aromatic heterocycles. The molecule has 4 rings (SSSR count). The minimum Gasteiger partial charge on any atom is -0.463 e. The zero-order valence-electron chi connectivity index (χ0n) is 17.1. The lowest BCUT2D eigenvalue weighted by Gasteiger charge is -2.47. The van der Waals surface area contributed by atoms with Crippen molar-refractivity contribution >= 4 is 21.9 Å². The van der Waals surface area contributed by atoms with E-state index in [0.29, 0.717) is 19.4 Å². The Bertz CT molecular complexity index is 1070. The van der Waals surface area contributed by atoms with E-state index in [1.807, 2.05) is 18.2 Å². The van der Waals surface area contributed by atoms with Crippen LogP contribution in [-0.4, -0.2) is 31.0 Å². The predicted molar refractivity (Wildman–Crippen MR) is 116 cm³/mol. The maximum atomic E-state index is 11.1. The van der Waals surface area contributed by atoms with Crippen LogP contribution in [0, 0.1) is 6.92 Å². The fourth-order valence-corrected chi connectivity index (χ4v) is 5.13. The van der Waals surface area contributed by atoms with E-state index in [9.17, 15) is 8.42 Å². The Morgan fingerprint density at radius 1 is 1.10 bits per heavy atom. The largest absolute Gasteiger partial charge is 0.463 e. The topological polar surface area (TPSA) is 66.8 Å². The van der Waals surface area contributed by atoms with E-state index in [-0.39, 0.29) is 11.2 Å². The first-order valence-electron chi connectivity index (χ1n) is 9.95. The van der Waals surface area contributed by atoms with Crippen molar-refractivity contribution in [3.63, 3.8) is 0 Å². The van der Waals surface area contributed by atoms with Crippen molar-refractivity contribution in [2.24, 2.45) is 0 Å². The minimum absolute atomic E-state index is 0.225. The van der Waals surface area contributed by atoms with E-state index in [1.54, 1.807) is 0 Å². The number of fused-ring (bicyclic) bond motifs is 2. The quantitative estimate of drug-likeness (QED) is 0.575. The van der Waals surface area contributed by atoms with Crippen molar-refractivity contribution < 1.29 is 17.7 Å². The van der Waals surface area contributed by atoms with Crippen LogP contribution in [0.2, 0.25) is 0 Å². The van der Waals surface area contributed by atoms with E-state index in [4.69, 9.17) is 9.29 Å². The summed E-state index contributed by atoms with van der Waals surface area (Å²) in [6.45, 7) is 7.07. The molecule has 6 heteroatoms. The standard InChI is InChI=1S/C23H27NO4S/c1-17-10-11-21-18(16-17)12-13-23(28-21)22(2,3)19-8-4-5-9-20(19)24(23)14-6-7-15-29(25,26)27/h4-5,8-13,16H,6-7,14-15H2,1-3H3,(H,25,26,27). The third-order valence-corrected chi connectivity index (χ3v) is 6.92. The second-order valence-corrected chi connectivity index (χ2v) is 10.0. The molecular weight excluding hydrogens is 386 g/mol. The Hall–Kier alpha value is -2.31. The maximum absolute atomic E-state index is 11.1. The van der Waals surface area contributed by atoms with Crippen LogP contribution < -0.4 is 9.64 Å². The van der Waals surface area contributed by atoms with Gasteiger partial charge in [-0.15, -0.1) is 0 Å². The van der Waals surface area contributed by atoms with Crippen LogP contribution in [0.15, 0.2) is 48.5 Å². The molecule has 0 fully saturated rings. The third kappa shape index (κ3) is 3.34. The van der Waals surface area contributed by atoms with Gasteiger partial charge in [-0.05, 0) is 69.5 Å². The van der Waals surface area contributed by atoms with Crippen molar-refractivity contribution in [2.75, 3.05) is 17.2 Å². The summed E-state index contributed by atoms with van der Waals surface area (Å²) in [7, 11) is -3.94. The molecule has 0 amide bonds. The monoisotopic (exact) mass is 413 g/mol. The molecule has 0 bridgehead atoms. The summed E-state index contributed by atoms with van der Waals surface area (Å²) >= 11 is 0. The fraction of sp³-hybridized carbons (Fsp3) is 0.391. The Labute approximate surface area is 172 Å². The zero-order valence-corrected chi connectivity index (χ0v) is 17.9. The molecule has 1 unspecified atom stereocenters. The Morgan fingerprint density at radius 3 is 2.62 bits per heavy atom. The lowest BCUT2D eigenvalue weighted by atomic mass is 9.76. The van der Waals surface area contributed by atoms with Gasteiger partial charge >= 0.3 is 0 Å².